The molecule has 2 bridgehead atoms. The lowest BCUT2D eigenvalue weighted by Crippen LogP contribution is -2.42. The van der Waals surface area contributed by atoms with Gasteiger partial charge in [0.25, 0.3) is 0 Å². The molecule has 2 saturated carbocycles. The summed E-state index contributed by atoms with van der Waals surface area (Å²) in [5, 5.41) is 12.1. The van der Waals surface area contributed by atoms with Crippen LogP contribution in [0.4, 0.5) is 0 Å². The fourth-order valence-corrected chi connectivity index (χ4v) is 8.73. The minimum Gasteiger partial charge on any atom is -0.208 e. The Bertz CT molecular complexity index is 2120. The molecule has 2 aliphatic rings. The van der Waals surface area contributed by atoms with Crippen LogP contribution in [0.3, 0.4) is 0 Å². The Morgan fingerprint density at radius 1 is 0.553 bits per heavy atom. The maximum absolute atomic E-state index is 9.74. The number of aromatic nitrogens is 3. The van der Waals surface area contributed by atoms with Gasteiger partial charge in [-0.25, -0.2) is 15.0 Å². The molecular weight excluding hydrogens is 573 g/mol. The SMILES string of the molecule is C[C@@H]1C[C@@H]2C[C@H](C)CC(c3cc(-c4cccc(C#N)c4)cc(-c4nc(-c5ccccc5)nc(-c5ccc6ccccc6c5)n4)c3)(C1)C2. The van der Waals surface area contributed by atoms with E-state index in [-0.39, 0.29) is 5.41 Å². The number of hydrogen-bond acceptors (Lipinski definition) is 4. The Kier molecular flexibility index (Phi) is 7.41. The lowest BCUT2D eigenvalue weighted by molar-refractivity contribution is 0.0781. The molecule has 0 radical (unpaired) electrons. The topological polar surface area (TPSA) is 62.5 Å². The van der Waals surface area contributed by atoms with Gasteiger partial charge < -0.3 is 0 Å². The molecule has 0 spiro atoms. The molecule has 0 aliphatic heterocycles. The number of hydrogen-bond donors (Lipinski definition) is 0. The van der Waals surface area contributed by atoms with Gasteiger partial charge in [-0.3, -0.25) is 0 Å². The van der Waals surface area contributed by atoms with Crippen molar-refractivity contribution in [1.82, 2.24) is 15.0 Å². The molecule has 4 atom stereocenters. The summed E-state index contributed by atoms with van der Waals surface area (Å²) in [7, 11) is 0. The largest absolute Gasteiger partial charge is 0.208 e. The second-order valence-electron chi connectivity index (χ2n) is 14.2. The Labute approximate surface area is 277 Å². The number of fused-ring (bicyclic) bond motifs is 3. The second-order valence-corrected chi connectivity index (χ2v) is 14.2. The normalized spacial score (nSPS) is 22.1. The number of nitriles is 1. The van der Waals surface area contributed by atoms with Gasteiger partial charge in [-0.05, 0) is 113 Å². The average Bonchev–Trinajstić information content (AvgIpc) is 3.11. The highest BCUT2D eigenvalue weighted by molar-refractivity contribution is 5.86. The third kappa shape index (κ3) is 5.72. The van der Waals surface area contributed by atoms with Gasteiger partial charge in [0.05, 0.1) is 11.6 Å². The highest BCUT2D eigenvalue weighted by Gasteiger charge is 2.45. The van der Waals surface area contributed by atoms with Gasteiger partial charge in [0.2, 0.25) is 0 Å². The van der Waals surface area contributed by atoms with E-state index in [2.05, 4.69) is 98.8 Å². The van der Waals surface area contributed by atoms with Crippen LogP contribution in [0.2, 0.25) is 0 Å². The van der Waals surface area contributed by atoms with Crippen LogP contribution in [0.15, 0.2) is 115 Å². The van der Waals surface area contributed by atoms with Crippen LogP contribution in [-0.2, 0) is 5.41 Å². The first-order valence-electron chi connectivity index (χ1n) is 16.9. The molecule has 0 amide bonds. The zero-order valence-electron chi connectivity index (χ0n) is 27.0. The quantitative estimate of drug-likeness (QED) is 0.195. The average molecular weight is 611 g/mol. The highest BCUT2D eigenvalue weighted by Crippen LogP contribution is 2.54. The Morgan fingerprint density at radius 2 is 1.19 bits per heavy atom. The zero-order valence-corrected chi connectivity index (χ0v) is 27.0. The molecule has 47 heavy (non-hydrogen) atoms. The van der Waals surface area contributed by atoms with E-state index in [1.54, 1.807) is 0 Å². The van der Waals surface area contributed by atoms with Gasteiger partial charge in [-0.15, -0.1) is 0 Å². The van der Waals surface area contributed by atoms with Gasteiger partial charge in [0.1, 0.15) is 0 Å². The van der Waals surface area contributed by atoms with Gasteiger partial charge in [0.15, 0.2) is 17.5 Å². The lowest BCUT2D eigenvalue weighted by atomic mass is 9.54. The van der Waals surface area contributed by atoms with Crippen LogP contribution in [0, 0.1) is 29.1 Å². The maximum atomic E-state index is 9.74. The minimum atomic E-state index is 0.119. The smallest absolute Gasteiger partial charge is 0.164 e. The van der Waals surface area contributed by atoms with Gasteiger partial charge in [-0.2, -0.15) is 5.26 Å². The third-order valence-corrected chi connectivity index (χ3v) is 10.4. The van der Waals surface area contributed by atoms with Crippen LogP contribution in [-0.4, -0.2) is 15.0 Å². The van der Waals surface area contributed by atoms with Gasteiger partial charge in [0, 0.05) is 16.7 Å². The van der Waals surface area contributed by atoms with E-state index >= 15 is 0 Å². The van der Waals surface area contributed by atoms with Crippen molar-refractivity contribution in [3.63, 3.8) is 0 Å². The van der Waals surface area contributed by atoms with E-state index < -0.39 is 0 Å². The molecular formula is C43H38N4. The van der Waals surface area contributed by atoms with Crippen molar-refractivity contribution in [3.05, 3.63) is 126 Å². The molecule has 6 aromatic rings. The Balaban J connectivity index is 1.35. The minimum absolute atomic E-state index is 0.119. The maximum Gasteiger partial charge on any atom is 0.164 e. The van der Waals surface area contributed by atoms with E-state index in [0.717, 1.165) is 39.1 Å². The van der Waals surface area contributed by atoms with Crippen LogP contribution < -0.4 is 0 Å². The summed E-state index contributed by atoms with van der Waals surface area (Å²) in [5.41, 5.74) is 7.22. The molecule has 4 nitrogen and oxygen atoms in total. The molecule has 2 aliphatic carbocycles. The first kappa shape index (κ1) is 29.3. The van der Waals surface area contributed by atoms with Crippen molar-refractivity contribution in [2.45, 2.75) is 51.4 Å². The molecule has 1 unspecified atom stereocenters. The number of nitrogens with zero attached hydrogens (tertiary/aromatic N) is 4. The van der Waals surface area contributed by atoms with Crippen molar-refractivity contribution < 1.29 is 0 Å². The number of benzene rings is 5. The lowest BCUT2D eigenvalue weighted by Gasteiger charge is -2.50. The summed E-state index contributed by atoms with van der Waals surface area (Å²) in [6, 6.07) is 42.3. The fourth-order valence-electron chi connectivity index (χ4n) is 8.73. The van der Waals surface area contributed by atoms with E-state index in [0.29, 0.717) is 34.9 Å². The monoisotopic (exact) mass is 610 g/mol. The summed E-state index contributed by atoms with van der Waals surface area (Å²) in [6.07, 6.45) is 6.28. The van der Waals surface area contributed by atoms with Crippen LogP contribution >= 0.6 is 0 Å². The molecule has 230 valence electrons. The summed E-state index contributed by atoms with van der Waals surface area (Å²) >= 11 is 0. The molecule has 4 heteroatoms. The molecule has 5 aromatic carbocycles. The molecule has 0 N–H and O–H groups in total. The summed E-state index contributed by atoms with van der Waals surface area (Å²) in [6.45, 7) is 4.87. The Morgan fingerprint density at radius 3 is 1.94 bits per heavy atom. The predicted molar refractivity (Wildman–Crippen MR) is 190 cm³/mol. The first-order valence-corrected chi connectivity index (χ1v) is 16.9. The number of rotatable bonds is 5. The van der Waals surface area contributed by atoms with Gasteiger partial charge in [-0.1, -0.05) is 98.8 Å². The fraction of sp³-hybridized carbons (Fsp3) is 0.256. The van der Waals surface area contributed by atoms with E-state index in [1.165, 1.54) is 43.1 Å². The highest BCUT2D eigenvalue weighted by atomic mass is 15.0. The van der Waals surface area contributed by atoms with Crippen molar-refractivity contribution in [1.29, 1.82) is 5.26 Å². The summed E-state index contributed by atoms with van der Waals surface area (Å²) in [4.78, 5) is 15.4. The third-order valence-electron chi connectivity index (χ3n) is 10.4. The standard InChI is InChI=1S/C43H38N4/c1-28-17-31-18-29(2)25-43(24-28,26-31)39-22-37(34-14-8-9-30(19-34)27-44)21-38(23-39)42-46-40(33-11-4-3-5-12-33)45-41(47-42)36-16-15-32-10-6-7-13-35(32)20-36/h3-16,19-23,28-29,31H,17-18,24-26H2,1-2H3/t28-,29+,31-,43?. The summed E-state index contributed by atoms with van der Waals surface area (Å²) in [5.74, 6) is 4.13. The molecule has 1 heterocycles. The van der Waals surface area contributed by atoms with E-state index in [1.807, 2.05) is 36.4 Å². The van der Waals surface area contributed by atoms with Crippen molar-refractivity contribution in [2.75, 3.05) is 0 Å². The van der Waals surface area contributed by atoms with E-state index in [4.69, 9.17) is 15.0 Å². The van der Waals surface area contributed by atoms with Crippen molar-refractivity contribution >= 4 is 10.8 Å². The van der Waals surface area contributed by atoms with Crippen LogP contribution in [0.25, 0.3) is 56.1 Å². The molecule has 0 saturated heterocycles. The predicted octanol–water partition coefficient (Wildman–Crippen LogP) is 10.7. The van der Waals surface area contributed by atoms with Crippen molar-refractivity contribution in [2.24, 2.45) is 17.8 Å². The van der Waals surface area contributed by atoms with Gasteiger partial charge >= 0.3 is 0 Å². The summed E-state index contributed by atoms with van der Waals surface area (Å²) < 4.78 is 0. The first-order chi connectivity index (χ1) is 22.9. The van der Waals surface area contributed by atoms with E-state index in [9.17, 15) is 5.26 Å². The Hall–Kier alpha value is -5.14. The van der Waals surface area contributed by atoms with Crippen molar-refractivity contribution in [3.8, 4) is 51.4 Å². The zero-order chi connectivity index (χ0) is 32.0. The molecule has 1 aromatic heterocycles. The molecule has 8 rings (SSSR count). The van der Waals surface area contributed by atoms with Crippen LogP contribution in [0.1, 0.15) is 57.1 Å². The van der Waals surface area contributed by atoms with Crippen LogP contribution in [0.5, 0.6) is 0 Å². The molecule has 2 fully saturated rings. The second kappa shape index (κ2) is 11.9.